The molecule has 0 radical (unpaired) electrons. The van der Waals surface area contributed by atoms with Gasteiger partial charge in [0.05, 0.1) is 17.9 Å². The van der Waals surface area contributed by atoms with Crippen molar-refractivity contribution in [3.8, 4) is 0 Å². The maximum absolute atomic E-state index is 4.43. The number of rotatable bonds is 5. The maximum atomic E-state index is 4.43. The summed E-state index contributed by atoms with van der Waals surface area (Å²) < 4.78 is 1.92. The molecule has 4 nitrogen and oxygen atoms in total. The second kappa shape index (κ2) is 5.06. The Labute approximate surface area is 107 Å². The van der Waals surface area contributed by atoms with Gasteiger partial charge in [-0.3, -0.25) is 4.98 Å². The third-order valence-corrected chi connectivity index (χ3v) is 3.93. The molecule has 96 valence electrons. The Bertz CT molecular complexity index is 515. The molecule has 3 rings (SSSR count). The van der Waals surface area contributed by atoms with Crippen LogP contribution in [0.4, 0.5) is 0 Å². The summed E-state index contributed by atoms with van der Waals surface area (Å²) in [4.78, 5) is 4.22. The van der Waals surface area contributed by atoms with Crippen LogP contribution in [0.5, 0.6) is 0 Å². The first-order valence-corrected chi connectivity index (χ1v) is 6.90. The van der Waals surface area contributed by atoms with Crippen LogP contribution in [0.25, 0.3) is 5.52 Å². The summed E-state index contributed by atoms with van der Waals surface area (Å²) in [5.41, 5.74) is 2.44. The van der Waals surface area contributed by atoms with E-state index in [1.165, 1.54) is 31.2 Å². The lowest BCUT2D eigenvalue weighted by molar-refractivity contribution is 0.232. The fourth-order valence-electron chi connectivity index (χ4n) is 2.70. The predicted molar refractivity (Wildman–Crippen MR) is 71.4 cm³/mol. The minimum absolute atomic E-state index is 0.445. The Morgan fingerprint density at radius 3 is 3.06 bits per heavy atom. The number of aromatic nitrogens is 3. The Balaban J connectivity index is 1.92. The van der Waals surface area contributed by atoms with Gasteiger partial charge in [-0.1, -0.05) is 13.3 Å². The molecule has 4 heteroatoms. The first-order chi connectivity index (χ1) is 8.90. The molecule has 1 saturated carbocycles. The van der Waals surface area contributed by atoms with E-state index in [1.54, 1.807) is 6.20 Å². The average Bonchev–Trinajstić information content (AvgIpc) is 2.76. The van der Waals surface area contributed by atoms with Crippen molar-refractivity contribution < 1.29 is 0 Å². The van der Waals surface area contributed by atoms with Gasteiger partial charge in [-0.2, -0.15) is 5.10 Å². The highest BCUT2D eigenvalue weighted by molar-refractivity contribution is 5.53. The minimum atomic E-state index is 0.445. The van der Waals surface area contributed by atoms with Crippen molar-refractivity contribution in [3.63, 3.8) is 0 Å². The Kier molecular flexibility index (Phi) is 3.28. The fourth-order valence-corrected chi connectivity index (χ4v) is 2.70. The molecule has 1 unspecified atom stereocenters. The monoisotopic (exact) mass is 244 g/mol. The first kappa shape index (κ1) is 11.7. The molecule has 1 atom stereocenters. The van der Waals surface area contributed by atoms with Gasteiger partial charge < -0.3 is 5.32 Å². The van der Waals surface area contributed by atoms with Crippen LogP contribution in [-0.4, -0.2) is 21.1 Å². The highest BCUT2D eigenvalue weighted by Gasteiger charge is 2.29. The van der Waals surface area contributed by atoms with Crippen LogP contribution in [0.15, 0.2) is 24.8 Å². The molecule has 1 aliphatic rings. The van der Waals surface area contributed by atoms with E-state index in [-0.39, 0.29) is 0 Å². The molecule has 0 aromatic carbocycles. The summed E-state index contributed by atoms with van der Waals surface area (Å²) in [6.07, 6.45) is 12.8. The van der Waals surface area contributed by atoms with Crippen molar-refractivity contribution in [1.29, 1.82) is 0 Å². The normalized spacial score (nSPS) is 17.8. The smallest absolute Gasteiger partial charge is 0.0892 e. The van der Waals surface area contributed by atoms with E-state index in [0.29, 0.717) is 6.04 Å². The van der Waals surface area contributed by atoms with Crippen LogP contribution in [-0.2, 0) is 0 Å². The average molecular weight is 244 g/mol. The van der Waals surface area contributed by atoms with E-state index in [1.807, 2.05) is 23.1 Å². The zero-order valence-electron chi connectivity index (χ0n) is 10.8. The van der Waals surface area contributed by atoms with Gasteiger partial charge in [0.15, 0.2) is 0 Å². The molecule has 2 aromatic heterocycles. The zero-order valence-corrected chi connectivity index (χ0v) is 10.8. The highest BCUT2D eigenvalue weighted by atomic mass is 15.2. The van der Waals surface area contributed by atoms with E-state index < -0.39 is 0 Å². The lowest BCUT2D eigenvalue weighted by Gasteiger charge is -2.34. The number of nitrogens with zero attached hydrogens (tertiary/aromatic N) is 3. The lowest BCUT2D eigenvalue weighted by atomic mass is 9.77. The molecule has 1 aliphatic carbocycles. The first-order valence-electron chi connectivity index (χ1n) is 6.90. The standard InChI is InChI=1S/C14H20N4/c1-2-6-16-14(11-4-3-5-11)12-9-17-18-8-7-15-10-13(12)18/h7-11,14,16H,2-6H2,1H3. The molecule has 0 spiro atoms. The molecule has 18 heavy (non-hydrogen) atoms. The lowest BCUT2D eigenvalue weighted by Crippen LogP contribution is -2.32. The van der Waals surface area contributed by atoms with Crippen LogP contribution in [0, 0.1) is 5.92 Å². The number of fused-ring (bicyclic) bond motifs is 1. The summed E-state index contributed by atoms with van der Waals surface area (Å²) in [5.74, 6) is 0.768. The van der Waals surface area contributed by atoms with Gasteiger partial charge in [0.25, 0.3) is 0 Å². The molecule has 0 bridgehead atoms. The fraction of sp³-hybridized carbons (Fsp3) is 0.571. The Morgan fingerprint density at radius 2 is 2.33 bits per heavy atom. The molecule has 2 heterocycles. The van der Waals surface area contributed by atoms with Crippen LogP contribution in [0.2, 0.25) is 0 Å². The maximum Gasteiger partial charge on any atom is 0.0892 e. The summed E-state index contributed by atoms with van der Waals surface area (Å²) >= 11 is 0. The summed E-state index contributed by atoms with van der Waals surface area (Å²) in [5, 5.41) is 8.11. The van der Waals surface area contributed by atoms with Crippen LogP contribution in [0.1, 0.15) is 44.2 Å². The molecular formula is C14H20N4. The molecular weight excluding hydrogens is 224 g/mol. The van der Waals surface area contributed by atoms with Gasteiger partial charge in [0, 0.05) is 24.0 Å². The van der Waals surface area contributed by atoms with Crippen molar-refractivity contribution in [2.75, 3.05) is 6.54 Å². The second-order valence-electron chi connectivity index (χ2n) is 5.13. The summed E-state index contributed by atoms with van der Waals surface area (Å²) in [6.45, 7) is 3.28. The van der Waals surface area contributed by atoms with Gasteiger partial charge in [0.1, 0.15) is 0 Å². The quantitative estimate of drug-likeness (QED) is 0.879. The van der Waals surface area contributed by atoms with Gasteiger partial charge in [-0.15, -0.1) is 0 Å². The molecule has 0 saturated heterocycles. The van der Waals surface area contributed by atoms with Crippen LogP contribution < -0.4 is 5.32 Å². The Hall–Kier alpha value is -1.42. The van der Waals surface area contributed by atoms with E-state index >= 15 is 0 Å². The Morgan fingerprint density at radius 1 is 1.44 bits per heavy atom. The number of hydrogen-bond donors (Lipinski definition) is 1. The topological polar surface area (TPSA) is 42.2 Å². The van der Waals surface area contributed by atoms with Crippen molar-refractivity contribution >= 4 is 5.52 Å². The van der Waals surface area contributed by atoms with Gasteiger partial charge in [0.2, 0.25) is 0 Å². The van der Waals surface area contributed by atoms with E-state index in [0.717, 1.165) is 18.0 Å². The van der Waals surface area contributed by atoms with E-state index in [2.05, 4.69) is 22.3 Å². The zero-order chi connectivity index (χ0) is 12.4. The summed E-state index contributed by atoms with van der Waals surface area (Å²) in [7, 11) is 0. The third-order valence-electron chi connectivity index (χ3n) is 3.93. The molecule has 1 N–H and O–H groups in total. The van der Waals surface area contributed by atoms with Crippen molar-refractivity contribution in [2.24, 2.45) is 5.92 Å². The summed E-state index contributed by atoms with van der Waals surface area (Å²) in [6, 6.07) is 0.445. The highest BCUT2D eigenvalue weighted by Crippen LogP contribution is 2.38. The van der Waals surface area contributed by atoms with Crippen LogP contribution in [0.3, 0.4) is 0 Å². The molecule has 0 amide bonds. The van der Waals surface area contributed by atoms with Crippen molar-refractivity contribution in [1.82, 2.24) is 19.9 Å². The van der Waals surface area contributed by atoms with Gasteiger partial charge in [-0.25, -0.2) is 4.52 Å². The number of hydrogen-bond acceptors (Lipinski definition) is 3. The predicted octanol–water partition coefficient (Wildman–Crippen LogP) is 2.57. The van der Waals surface area contributed by atoms with Crippen molar-refractivity contribution in [2.45, 2.75) is 38.6 Å². The largest absolute Gasteiger partial charge is 0.310 e. The SMILES string of the molecule is CCCNC(c1cnn2ccncc12)C1CCC1. The minimum Gasteiger partial charge on any atom is -0.310 e. The molecule has 0 aliphatic heterocycles. The van der Waals surface area contributed by atoms with Crippen LogP contribution >= 0.6 is 0 Å². The van der Waals surface area contributed by atoms with Gasteiger partial charge >= 0.3 is 0 Å². The van der Waals surface area contributed by atoms with Gasteiger partial charge in [-0.05, 0) is 31.7 Å². The number of nitrogens with one attached hydrogen (secondary N) is 1. The second-order valence-corrected chi connectivity index (χ2v) is 5.13. The van der Waals surface area contributed by atoms with E-state index in [9.17, 15) is 0 Å². The molecule has 1 fully saturated rings. The third kappa shape index (κ3) is 2.01. The van der Waals surface area contributed by atoms with E-state index in [4.69, 9.17) is 0 Å². The van der Waals surface area contributed by atoms with Crippen molar-refractivity contribution in [3.05, 3.63) is 30.4 Å². The molecule has 2 aromatic rings.